The number of unbranched alkanes of at least 4 members (excludes halogenated alkanes) is 4. The predicted octanol–water partition coefficient (Wildman–Crippen LogP) is 3.19. The molecule has 0 saturated carbocycles. The number of nitrogens with one attached hydrogen (secondary N) is 2. The van der Waals surface area contributed by atoms with E-state index in [1.54, 1.807) is 7.05 Å². The van der Waals surface area contributed by atoms with Crippen LogP contribution in [0, 0.1) is 0 Å². The third kappa shape index (κ3) is 7.02. The zero-order valence-electron chi connectivity index (χ0n) is 12.6. The van der Waals surface area contributed by atoms with E-state index in [1.165, 1.54) is 25.7 Å². The minimum atomic E-state index is -0.0302. The lowest BCUT2D eigenvalue weighted by molar-refractivity contribution is -0.118. The molecule has 1 aromatic rings. The van der Waals surface area contributed by atoms with Crippen molar-refractivity contribution in [2.24, 2.45) is 0 Å². The van der Waals surface area contributed by atoms with Gasteiger partial charge in [-0.3, -0.25) is 4.79 Å². The highest BCUT2D eigenvalue weighted by atomic mass is 16.5. The quantitative estimate of drug-likeness (QED) is 0.646. The first-order valence-corrected chi connectivity index (χ1v) is 7.43. The van der Waals surface area contributed by atoms with Crippen LogP contribution in [0.1, 0.15) is 39.0 Å². The number of benzene rings is 1. The van der Waals surface area contributed by atoms with Gasteiger partial charge in [0.1, 0.15) is 5.75 Å². The van der Waals surface area contributed by atoms with Crippen LogP contribution in [-0.2, 0) is 4.79 Å². The standard InChI is InChI=1S/C16H26N2O2/c1-3-4-5-6-7-12-20-15-10-8-14(9-11-15)18-13-16(19)17-2/h8-11,18H,3-7,12-13H2,1-2H3,(H,17,19). The van der Waals surface area contributed by atoms with Gasteiger partial charge in [-0.15, -0.1) is 0 Å². The van der Waals surface area contributed by atoms with Crippen LogP contribution >= 0.6 is 0 Å². The lowest BCUT2D eigenvalue weighted by Crippen LogP contribution is -2.26. The molecule has 1 aromatic carbocycles. The molecule has 0 aromatic heterocycles. The average Bonchev–Trinajstić information content (AvgIpc) is 2.49. The molecule has 0 aliphatic rings. The summed E-state index contributed by atoms with van der Waals surface area (Å²) in [5, 5.41) is 5.61. The zero-order chi connectivity index (χ0) is 14.6. The maximum absolute atomic E-state index is 11.1. The molecule has 0 unspecified atom stereocenters. The summed E-state index contributed by atoms with van der Waals surface area (Å²) in [7, 11) is 1.63. The number of ether oxygens (including phenoxy) is 1. The van der Waals surface area contributed by atoms with Crippen molar-refractivity contribution in [2.75, 3.05) is 25.5 Å². The Morgan fingerprint density at radius 1 is 1.10 bits per heavy atom. The van der Waals surface area contributed by atoms with E-state index in [0.717, 1.165) is 24.5 Å². The van der Waals surface area contributed by atoms with Gasteiger partial charge in [0.2, 0.25) is 5.91 Å². The molecule has 20 heavy (non-hydrogen) atoms. The summed E-state index contributed by atoms with van der Waals surface area (Å²) >= 11 is 0. The molecular weight excluding hydrogens is 252 g/mol. The van der Waals surface area contributed by atoms with Gasteiger partial charge in [0.15, 0.2) is 0 Å². The van der Waals surface area contributed by atoms with Crippen LogP contribution in [0.25, 0.3) is 0 Å². The van der Waals surface area contributed by atoms with E-state index in [0.29, 0.717) is 0 Å². The number of carbonyl (C=O) groups excluding carboxylic acids is 1. The Labute approximate surface area is 121 Å². The van der Waals surface area contributed by atoms with Crippen molar-refractivity contribution in [3.8, 4) is 5.75 Å². The highest BCUT2D eigenvalue weighted by molar-refractivity contribution is 5.80. The van der Waals surface area contributed by atoms with Crippen LogP contribution in [0.5, 0.6) is 5.75 Å². The molecule has 0 spiro atoms. The van der Waals surface area contributed by atoms with E-state index >= 15 is 0 Å². The van der Waals surface area contributed by atoms with Crippen LogP contribution in [0.2, 0.25) is 0 Å². The second kappa shape index (κ2) is 10.1. The van der Waals surface area contributed by atoms with Crippen LogP contribution < -0.4 is 15.4 Å². The number of carbonyl (C=O) groups is 1. The molecule has 0 aliphatic carbocycles. The van der Waals surface area contributed by atoms with Crippen molar-refractivity contribution in [1.82, 2.24) is 5.32 Å². The molecule has 0 saturated heterocycles. The number of hydrogen-bond acceptors (Lipinski definition) is 3. The van der Waals surface area contributed by atoms with Gasteiger partial charge in [0.25, 0.3) is 0 Å². The summed E-state index contributed by atoms with van der Waals surface area (Å²) in [5.41, 5.74) is 0.920. The Morgan fingerprint density at radius 3 is 2.45 bits per heavy atom. The topological polar surface area (TPSA) is 50.4 Å². The van der Waals surface area contributed by atoms with Crippen LogP contribution in [0.3, 0.4) is 0 Å². The predicted molar refractivity (Wildman–Crippen MR) is 83.3 cm³/mol. The van der Waals surface area contributed by atoms with Gasteiger partial charge in [-0.05, 0) is 30.7 Å². The summed E-state index contributed by atoms with van der Waals surface area (Å²) in [4.78, 5) is 11.1. The number of rotatable bonds is 10. The van der Waals surface area contributed by atoms with E-state index < -0.39 is 0 Å². The zero-order valence-corrected chi connectivity index (χ0v) is 12.6. The van der Waals surface area contributed by atoms with Crippen LogP contribution in [-0.4, -0.2) is 26.1 Å². The fraction of sp³-hybridized carbons (Fsp3) is 0.562. The Morgan fingerprint density at radius 2 is 1.80 bits per heavy atom. The molecule has 4 heteroatoms. The Balaban J connectivity index is 2.19. The first kappa shape index (κ1) is 16.3. The fourth-order valence-corrected chi connectivity index (χ4v) is 1.84. The molecule has 0 radical (unpaired) electrons. The normalized spacial score (nSPS) is 10.1. The van der Waals surface area contributed by atoms with Gasteiger partial charge in [-0.1, -0.05) is 32.6 Å². The third-order valence-electron chi connectivity index (χ3n) is 3.10. The summed E-state index contributed by atoms with van der Waals surface area (Å²) in [5.74, 6) is 0.850. The molecular formula is C16H26N2O2. The van der Waals surface area contributed by atoms with E-state index in [1.807, 2.05) is 24.3 Å². The van der Waals surface area contributed by atoms with Crippen molar-refractivity contribution in [1.29, 1.82) is 0 Å². The SMILES string of the molecule is CCCCCCCOc1ccc(NCC(=O)NC)cc1. The van der Waals surface area contributed by atoms with Crippen LogP contribution in [0.15, 0.2) is 24.3 Å². The lowest BCUT2D eigenvalue weighted by atomic mass is 10.2. The molecule has 2 N–H and O–H groups in total. The average molecular weight is 278 g/mol. The number of anilines is 1. The number of amides is 1. The minimum Gasteiger partial charge on any atom is -0.494 e. The molecule has 0 heterocycles. The van der Waals surface area contributed by atoms with Gasteiger partial charge in [0.05, 0.1) is 13.2 Å². The smallest absolute Gasteiger partial charge is 0.239 e. The van der Waals surface area contributed by atoms with Crippen molar-refractivity contribution in [3.05, 3.63) is 24.3 Å². The molecule has 4 nitrogen and oxygen atoms in total. The van der Waals surface area contributed by atoms with Crippen molar-refractivity contribution >= 4 is 11.6 Å². The fourth-order valence-electron chi connectivity index (χ4n) is 1.84. The van der Waals surface area contributed by atoms with Gasteiger partial charge in [0, 0.05) is 12.7 Å². The van der Waals surface area contributed by atoms with E-state index in [4.69, 9.17) is 4.74 Å². The first-order chi connectivity index (χ1) is 9.76. The molecule has 0 aliphatic heterocycles. The highest BCUT2D eigenvalue weighted by Crippen LogP contribution is 2.16. The van der Waals surface area contributed by atoms with Gasteiger partial charge < -0.3 is 15.4 Å². The summed E-state index contributed by atoms with van der Waals surface area (Å²) in [6.07, 6.45) is 6.22. The van der Waals surface area contributed by atoms with Crippen molar-refractivity contribution in [3.63, 3.8) is 0 Å². The molecule has 0 fully saturated rings. The molecule has 0 bridgehead atoms. The molecule has 1 rings (SSSR count). The Hall–Kier alpha value is -1.71. The second-order valence-electron chi connectivity index (χ2n) is 4.81. The van der Waals surface area contributed by atoms with Crippen molar-refractivity contribution < 1.29 is 9.53 Å². The van der Waals surface area contributed by atoms with Gasteiger partial charge in [-0.2, -0.15) is 0 Å². The largest absolute Gasteiger partial charge is 0.494 e. The number of likely N-dealkylation sites (N-methyl/N-ethyl adjacent to an activating group) is 1. The molecule has 0 atom stereocenters. The second-order valence-corrected chi connectivity index (χ2v) is 4.81. The van der Waals surface area contributed by atoms with E-state index in [9.17, 15) is 4.79 Å². The summed E-state index contributed by atoms with van der Waals surface area (Å²) in [6.45, 7) is 3.28. The third-order valence-corrected chi connectivity index (χ3v) is 3.10. The lowest BCUT2D eigenvalue weighted by Gasteiger charge is -2.08. The first-order valence-electron chi connectivity index (χ1n) is 7.43. The van der Waals surface area contributed by atoms with E-state index in [-0.39, 0.29) is 12.5 Å². The van der Waals surface area contributed by atoms with Crippen LogP contribution in [0.4, 0.5) is 5.69 Å². The highest BCUT2D eigenvalue weighted by Gasteiger charge is 1.99. The molecule has 1 amide bonds. The number of hydrogen-bond donors (Lipinski definition) is 2. The Bertz CT molecular complexity index is 377. The Kier molecular flexibility index (Phi) is 8.27. The van der Waals surface area contributed by atoms with E-state index in [2.05, 4.69) is 17.6 Å². The molecule has 112 valence electrons. The summed E-state index contributed by atoms with van der Waals surface area (Å²) < 4.78 is 5.68. The maximum atomic E-state index is 11.1. The minimum absolute atomic E-state index is 0.0302. The van der Waals surface area contributed by atoms with Crippen molar-refractivity contribution in [2.45, 2.75) is 39.0 Å². The summed E-state index contributed by atoms with van der Waals surface area (Å²) in [6, 6.07) is 7.71. The van der Waals surface area contributed by atoms with Gasteiger partial charge in [-0.25, -0.2) is 0 Å². The maximum Gasteiger partial charge on any atom is 0.239 e. The van der Waals surface area contributed by atoms with Gasteiger partial charge >= 0.3 is 0 Å². The monoisotopic (exact) mass is 278 g/mol.